The number of aliphatic hydroxyl groups excluding tert-OH is 1. The van der Waals surface area contributed by atoms with E-state index in [0.717, 1.165) is 0 Å². The van der Waals surface area contributed by atoms with E-state index in [4.69, 9.17) is 32.8 Å². The van der Waals surface area contributed by atoms with Gasteiger partial charge in [0, 0.05) is 0 Å². The summed E-state index contributed by atoms with van der Waals surface area (Å²) in [6.45, 7) is 1.31. The van der Waals surface area contributed by atoms with Crippen molar-refractivity contribution < 1.29 is 23.8 Å². The highest BCUT2D eigenvalue weighted by Gasteiger charge is 2.40. The Hall–Kier alpha value is -1.56. The molecule has 1 saturated heterocycles. The van der Waals surface area contributed by atoms with Gasteiger partial charge in [0.1, 0.15) is 25.6 Å². The number of hydrogen-bond donors (Lipinski definition) is 4. The highest BCUT2D eigenvalue weighted by atomic mass is 31.2. The molecule has 2 radical (unpaired) electrons. The van der Waals surface area contributed by atoms with Crippen molar-refractivity contribution in [2.24, 2.45) is 0 Å². The Bertz CT molecular complexity index is 745. The van der Waals surface area contributed by atoms with Crippen LogP contribution in [-0.4, -0.2) is 62.5 Å². The van der Waals surface area contributed by atoms with Crippen LogP contribution in [0, 0.1) is 0 Å². The minimum atomic E-state index is -3.52. The van der Waals surface area contributed by atoms with Gasteiger partial charge in [-0.15, -0.1) is 0 Å². The number of nitrogens with zero attached hydrogens (tertiary/aromatic N) is 4. The molecular weight excluding hydrogens is 338 g/mol. The van der Waals surface area contributed by atoms with Gasteiger partial charge in [-0.25, -0.2) is 19.8 Å². The molecule has 2 aromatic rings. The van der Waals surface area contributed by atoms with E-state index >= 15 is 0 Å². The molecule has 0 saturated carbocycles. The van der Waals surface area contributed by atoms with Gasteiger partial charge in [-0.2, -0.15) is 9.05 Å². The van der Waals surface area contributed by atoms with Crippen molar-refractivity contribution in [1.82, 2.24) is 19.5 Å². The molecule has 4 atom stereocenters. The SMILES string of the molecule is [B][P+]1(O)OC[C@H](C)O[C@@H](n2c(N)nc3c(N)ncnc32)[C@@H](O)CO1. The molecule has 0 aliphatic carbocycles. The van der Waals surface area contributed by atoms with Crippen molar-refractivity contribution >= 4 is 38.3 Å². The minimum Gasteiger partial charge on any atom is -0.386 e. The summed E-state index contributed by atoms with van der Waals surface area (Å²) in [5.41, 5.74) is 12.3. The van der Waals surface area contributed by atoms with E-state index in [2.05, 4.69) is 15.0 Å². The number of rotatable bonds is 1. The van der Waals surface area contributed by atoms with Gasteiger partial charge in [-0.3, -0.25) is 4.57 Å². The van der Waals surface area contributed by atoms with Crippen molar-refractivity contribution in [3.8, 4) is 0 Å². The van der Waals surface area contributed by atoms with Crippen LogP contribution in [-0.2, 0) is 13.8 Å². The summed E-state index contributed by atoms with van der Waals surface area (Å²) < 4.78 is 17.3. The second-order valence-corrected chi connectivity index (χ2v) is 6.98. The summed E-state index contributed by atoms with van der Waals surface area (Å²) in [5, 5.41) is 10.4. The summed E-state index contributed by atoms with van der Waals surface area (Å²) in [5.74, 6) is 0.185. The number of aromatic nitrogens is 4. The van der Waals surface area contributed by atoms with Crippen molar-refractivity contribution in [3.63, 3.8) is 0 Å². The Morgan fingerprint density at radius 2 is 2.04 bits per heavy atom. The van der Waals surface area contributed by atoms with Gasteiger partial charge in [0.15, 0.2) is 23.2 Å². The number of nitrogen functional groups attached to an aromatic ring is 2. The van der Waals surface area contributed by atoms with E-state index in [-0.39, 0.29) is 25.0 Å². The van der Waals surface area contributed by atoms with Gasteiger partial charge in [0.2, 0.25) is 5.95 Å². The predicted molar refractivity (Wildman–Crippen MR) is 86.5 cm³/mol. The molecule has 1 aliphatic rings. The van der Waals surface area contributed by atoms with E-state index in [1.807, 2.05) is 0 Å². The first kappa shape index (κ1) is 17.3. The summed E-state index contributed by atoms with van der Waals surface area (Å²) in [6.07, 6.45) is -1.50. The standard InChI is InChI=1S/C11H17BN6O5P/c1-5-2-21-24(12,20)22-3-6(19)10(23-5)18-9-7(17-11(18)14)8(13)15-4-16-9/h4-6,10,19-20H,2-3H2,1H3,(H2,14,17)(H2,13,15,16)/q+1/t5-,6-,10+,24?/m0/s1. The molecule has 13 heteroatoms. The van der Waals surface area contributed by atoms with Gasteiger partial charge in [0.25, 0.3) is 0 Å². The molecule has 2 aromatic heterocycles. The maximum absolute atomic E-state index is 10.4. The normalized spacial score (nSPS) is 32.2. The fraction of sp³-hybridized carbons (Fsp3) is 0.545. The molecule has 0 spiro atoms. The number of aliphatic hydroxyl groups is 1. The summed E-state index contributed by atoms with van der Waals surface area (Å²) in [7, 11) is 2.00. The first-order valence-electron chi connectivity index (χ1n) is 7.05. The van der Waals surface area contributed by atoms with Crippen LogP contribution in [0.4, 0.5) is 11.8 Å². The van der Waals surface area contributed by atoms with Gasteiger partial charge in [-0.05, 0) is 6.92 Å². The third-order valence-electron chi connectivity index (χ3n) is 3.41. The fourth-order valence-corrected chi connectivity index (χ4v) is 3.17. The quantitative estimate of drug-likeness (QED) is 0.374. The molecule has 0 bridgehead atoms. The van der Waals surface area contributed by atoms with Crippen molar-refractivity contribution in [2.75, 3.05) is 24.7 Å². The largest absolute Gasteiger partial charge is 0.488 e. The summed E-state index contributed by atoms with van der Waals surface area (Å²) in [4.78, 5) is 21.9. The van der Waals surface area contributed by atoms with Crippen LogP contribution in [0.15, 0.2) is 6.33 Å². The average Bonchev–Trinajstić information content (AvgIpc) is 2.87. The number of imidazole rings is 1. The van der Waals surface area contributed by atoms with E-state index in [0.29, 0.717) is 11.2 Å². The van der Waals surface area contributed by atoms with Crippen LogP contribution in [0.1, 0.15) is 13.2 Å². The zero-order valence-corrected chi connectivity index (χ0v) is 13.7. The molecule has 0 aromatic carbocycles. The van der Waals surface area contributed by atoms with Crippen LogP contribution in [0.25, 0.3) is 11.2 Å². The van der Waals surface area contributed by atoms with Crippen molar-refractivity contribution in [2.45, 2.75) is 25.4 Å². The van der Waals surface area contributed by atoms with Crippen LogP contribution < -0.4 is 11.5 Å². The molecular formula is C11H17BN6O5P+. The smallest absolute Gasteiger partial charge is 0.386 e. The Morgan fingerprint density at radius 3 is 2.79 bits per heavy atom. The Morgan fingerprint density at radius 1 is 1.33 bits per heavy atom. The van der Waals surface area contributed by atoms with E-state index in [9.17, 15) is 10.00 Å². The summed E-state index contributed by atoms with van der Waals surface area (Å²) >= 11 is 0. The number of ether oxygens (including phenoxy) is 1. The maximum Gasteiger partial charge on any atom is 0.488 e. The zero-order chi connectivity index (χ0) is 17.5. The molecule has 6 N–H and O–H groups in total. The topological polar surface area (TPSA) is 164 Å². The highest BCUT2D eigenvalue weighted by molar-refractivity contribution is 7.85. The van der Waals surface area contributed by atoms with Crippen LogP contribution in [0.2, 0.25) is 0 Å². The third kappa shape index (κ3) is 3.29. The fourth-order valence-electron chi connectivity index (χ4n) is 2.31. The molecule has 3 rings (SSSR count). The highest BCUT2D eigenvalue weighted by Crippen LogP contribution is 2.52. The van der Waals surface area contributed by atoms with Crippen molar-refractivity contribution in [1.29, 1.82) is 0 Å². The predicted octanol–water partition coefficient (Wildman–Crippen LogP) is -0.859. The van der Waals surface area contributed by atoms with Crippen LogP contribution in [0.5, 0.6) is 0 Å². The molecule has 1 aliphatic heterocycles. The first-order chi connectivity index (χ1) is 11.3. The monoisotopic (exact) mass is 355 g/mol. The lowest BCUT2D eigenvalue weighted by Crippen LogP contribution is -2.33. The Balaban J connectivity index is 2.03. The van der Waals surface area contributed by atoms with E-state index in [1.54, 1.807) is 6.92 Å². The zero-order valence-electron chi connectivity index (χ0n) is 12.8. The third-order valence-corrected chi connectivity index (χ3v) is 4.45. The lowest BCUT2D eigenvalue weighted by Gasteiger charge is -2.26. The molecule has 3 heterocycles. The number of hydrogen-bond acceptors (Lipinski definition) is 10. The van der Waals surface area contributed by atoms with E-state index in [1.165, 1.54) is 10.9 Å². The lowest BCUT2D eigenvalue weighted by molar-refractivity contribution is -0.119. The van der Waals surface area contributed by atoms with Gasteiger partial charge < -0.3 is 21.3 Å². The van der Waals surface area contributed by atoms with Gasteiger partial charge >= 0.3 is 15.4 Å². The van der Waals surface area contributed by atoms with Gasteiger partial charge in [-0.1, -0.05) is 0 Å². The van der Waals surface area contributed by atoms with Crippen LogP contribution in [0.3, 0.4) is 0 Å². The molecule has 11 nitrogen and oxygen atoms in total. The molecule has 0 amide bonds. The molecule has 128 valence electrons. The Labute approximate surface area is 138 Å². The van der Waals surface area contributed by atoms with E-state index < -0.39 is 26.3 Å². The minimum absolute atomic E-state index is 0.0337. The number of fused-ring (bicyclic) bond motifs is 1. The number of anilines is 2. The molecule has 24 heavy (non-hydrogen) atoms. The molecule has 1 fully saturated rings. The second-order valence-electron chi connectivity index (χ2n) is 5.33. The van der Waals surface area contributed by atoms with Crippen LogP contribution >= 0.6 is 7.82 Å². The first-order valence-corrected chi connectivity index (χ1v) is 8.70. The van der Waals surface area contributed by atoms with Crippen molar-refractivity contribution in [3.05, 3.63) is 6.33 Å². The maximum atomic E-state index is 10.4. The summed E-state index contributed by atoms with van der Waals surface area (Å²) in [6, 6.07) is 0. The average molecular weight is 355 g/mol. The molecule has 1 unspecified atom stereocenters. The lowest BCUT2D eigenvalue weighted by atomic mass is 10.3. The Kier molecular flexibility index (Phi) is 4.60. The number of nitrogens with two attached hydrogens (primary N) is 2. The second kappa shape index (κ2) is 6.39. The van der Waals surface area contributed by atoms with Gasteiger partial charge in [0.05, 0.1) is 6.10 Å².